The van der Waals surface area contributed by atoms with Crippen LogP contribution in [-0.2, 0) is 9.59 Å². The third-order valence-electron chi connectivity index (χ3n) is 3.91. The van der Waals surface area contributed by atoms with Crippen molar-refractivity contribution < 1.29 is 19.1 Å². The molecule has 0 saturated carbocycles. The molecule has 0 atom stereocenters. The molecule has 1 heterocycles. The van der Waals surface area contributed by atoms with Crippen molar-refractivity contribution >= 4 is 23.6 Å². The van der Waals surface area contributed by atoms with Crippen molar-refractivity contribution in [1.29, 1.82) is 0 Å². The van der Waals surface area contributed by atoms with E-state index >= 15 is 0 Å². The summed E-state index contributed by atoms with van der Waals surface area (Å²) in [6.07, 6.45) is 0. The normalized spacial score (nSPS) is 15.6. The molecule has 1 aliphatic heterocycles. The van der Waals surface area contributed by atoms with Crippen molar-refractivity contribution in [2.45, 2.75) is 23.6 Å². The van der Waals surface area contributed by atoms with Crippen LogP contribution in [0.3, 0.4) is 0 Å². The predicted octanol–water partition coefficient (Wildman–Crippen LogP) is 2.46. The van der Waals surface area contributed by atoms with Crippen LogP contribution in [0, 0.1) is 13.8 Å². The van der Waals surface area contributed by atoms with E-state index in [0.29, 0.717) is 24.6 Å². The van der Waals surface area contributed by atoms with E-state index in [4.69, 9.17) is 9.47 Å². The largest absolute Gasteiger partial charge is 0.483 e. The first kappa shape index (κ1) is 19.1. The smallest absolute Gasteiger partial charge is 0.258 e. The first-order chi connectivity index (χ1) is 13.0. The highest BCUT2D eigenvalue weighted by atomic mass is 32.2. The molecule has 0 fully saturated rings. The highest BCUT2D eigenvalue weighted by Gasteiger charge is 2.14. The van der Waals surface area contributed by atoms with Crippen LogP contribution in [0.15, 0.2) is 46.2 Å². The second-order valence-electron chi connectivity index (χ2n) is 6.28. The second kappa shape index (κ2) is 8.81. The quantitative estimate of drug-likeness (QED) is 0.727. The van der Waals surface area contributed by atoms with Gasteiger partial charge >= 0.3 is 0 Å². The topological polar surface area (TPSA) is 76.7 Å². The molecule has 2 amide bonds. The molecule has 2 aromatic rings. The van der Waals surface area contributed by atoms with Gasteiger partial charge in [-0.05, 0) is 49.2 Å². The number of hydrogen-bond acceptors (Lipinski definition) is 5. The zero-order valence-corrected chi connectivity index (χ0v) is 16.2. The van der Waals surface area contributed by atoms with Crippen molar-refractivity contribution in [2.75, 3.05) is 26.3 Å². The van der Waals surface area contributed by atoms with Crippen molar-refractivity contribution in [1.82, 2.24) is 10.6 Å². The Bertz CT molecular complexity index is 784. The highest BCUT2D eigenvalue weighted by Crippen LogP contribution is 2.40. The third-order valence-corrected chi connectivity index (χ3v) is 4.98. The summed E-state index contributed by atoms with van der Waals surface area (Å²) in [6, 6.07) is 11.6. The fraction of sp³-hybridized carbons (Fsp3) is 0.300. The van der Waals surface area contributed by atoms with E-state index < -0.39 is 0 Å². The van der Waals surface area contributed by atoms with Crippen molar-refractivity contribution in [3.63, 3.8) is 0 Å². The number of hydrogen-bond donors (Lipinski definition) is 2. The van der Waals surface area contributed by atoms with Gasteiger partial charge in [-0.1, -0.05) is 23.9 Å². The number of aryl methyl sites for hydroxylation is 2. The second-order valence-corrected chi connectivity index (χ2v) is 7.36. The van der Waals surface area contributed by atoms with Crippen LogP contribution < -0.4 is 20.1 Å². The Morgan fingerprint density at radius 2 is 1.22 bits per heavy atom. The molecule has 142 valence electrons. The van der Waals surface area contributed by atoms with E-state index in [2.05, 4.69) is 10.6 Å². The van der Waals surface area contributed by atoms with E-state index in [1.54, 1.807) is 0 Å². The minimum absolute atomic E-state index is 0.0816. The summed E-state index contributed by atoms with van der Waals surface area (Å²) in [5, 5.41) is 5.43. The summed E-state index contributed by atoms with van der Waals surface area (Å²) in [6.45, 7) is 4.50. The van der Waals surface area contributed by atoms with Gasteiger partial charge in [-0.2, -0.15) is 0 Å². The molecule has 0 unspecified atom stereocenters. The molecule has 7 heteroatoms. The zero-order chi connectivity index (χ0) is 19.2. The number of carbonyl (C=O) groups excluding carboxylic acids is 2. The average Bonchev–Trinajstić information content (AvgIpc) is 2.63. The van der Waals surface area contributed by atoms with Gasteiger partial charge in [0.25, 0.3) is 11.8 Å². The van der Waals surface area contributed by atoms with Crippen LogP contribution in [0.5, 0.6) is 11.5 Å². The maximum absolute atomic E-state index is 11.9. The summed E-state index contributed by atoms with van der Waals surface area (Å²) in [5.41, 5.74) is 2.17. The van der Waals surface area contributed by atoms with Crippen LogP contribution in [0.25, 0.3) is 0 Å². The van der Waals surface area contributed by atoms with E-state index in [-0.39, 0.29) is 25.0 Å². The molecule has 2 N–H and O–H groups in total. The number of nitrogens with one attached hydrogen (secondary N) is 2. The fourth-order valence-electron chi connectivity index (χ4n) is 2.54. The van der Waals surface area contributed by atoms with E-state index in [1.165, 1.54) is 11.8 Å². The summed E-state index contributed by atoms with van der Waals surface area (Å²) >= 11 is 1.49. The Hall–Kier alpha value is -2.67. The van der Waals surface area contributed by atoms with Gasteiger partial charge in [0.2, 0.25) is 0 Å². The lowest BCUT2D eigenvalue weighted by atomic mass is 10.2. The Labute approximate surface area is 162 Å². The molecule has 27 heavy (non-hydrogen) atoms. The molecular formula is C20H22N2O4S. The van der Waals surface area contributed by atoms with Crippen LogP contribution in [-0.4, -0.2) is 38.1 Å². The molecule has 0 aromatic heterocycles. The Morgan fingerprint density at radius 3 is 1.67 bits per heavy atom. The summed E-state index contributed by atoms with van der Waals surface area (Å²) in [7, 11) is 0. The van der Waals surface area contributed by atoms with Crippen molar-refractivity contribution in [2.24, 2.45) is 0 Å². The molecular weight excluding hydrogens is 364 g/mol. The molecule has 0 saturated heterocycles. The van der Waals surface area contributed by atoms with Crippen LogP contribution in [0.1, 0.15) is 11.1 Å². The van der Waals surface area contributed by atoms with E-state index in [9.17, 15) is 9.59 Å². The fourth-order valence-corrected chi connectivity index (χ4v) is 3.72. The van der Waals surface area contributed by atoms with Crippen LogP contribution >= 0.6 is 11.8 Å². The monoisotopic (exact) mass is 386 g/mol. The number of amides is 2. The average molecular weight is 386 g/mol. The lowest BCUT2D eigenvalue weighted by Gasteiger charge is -2.14. The number of carbonyl (C=O) groups is 2. The van der Waals surface area contributed by atoms with Gasteiger partial charge in [0.1, 0.15) is 11.5 Å². The SMILES string of the molecule is Cc1ccc2c(c1)Sc1cc(C)ccc1OCC(=O)NCCNC(=O)CO2. The molecule has 6 nitrogen and oxygen atoms in total. The zero-order valence-electron chi connectivity index (χ0n) is 15.3. The lowest BCUT2D eigenvalue weighted by Crippen LogP contribution is -2.38. The lowest BCUT2D eigenvalue weighted by molar-refractivity contribution is -0.124. The number of benzene rings is 2. The molecule has 0 bridgehead atoms. The van der Waals surface area contributed by atoms with E-state index in [1.807, 2.05) is 50.2 Å². The van der Waals surface area contributed by atoms with Gasteiger partial charge in [-0.3, -0.25) is 9.59 Å². The first-order valence-corrected chi connectivity index (χ1v) is 9.51. The molecule has 3 rings (SSSR count). The minimum Gasteiger partial charge on any atom is -0.483 e. The molecule has 1 aliphatic rings. The highest BCUT2D eigenvalue weighted by molar-refractivity contribution is 7.99. The summed E-state index contributed by atoms with van der Waals surface area (Å²) in [4.78, 5) is 25.7. The Balaban J connectivity index is 1.95. The number of rotatable bonds is 0. The van der Waals surface area contributed by atoms with Gasteiger partial charge < -0.3 is 20.1 Å². The van der Waals surface area contributed by atoms with E-state index in [0.717, 1.165) is 20.9 Å². The third kappa shape index (κ3) is 5.40. The number of fused-ring (bicyclic) bond motifs is 2. The van der Waals surface area contributed by atoms with Gasteiger partial charge in [-0.25, -0.2) is 0 Å². The van der Waals surface area contributed by atoms with Gasteiger partial charge in [-0.15, -0.1) is 0 Å². The maximum Gasteiger partial charge on any atom is 0.258 e. The van der Waals surface area contributed by atoms with Gasteiger partial charge in [0, 0.05) is 13.1 Å². The molecule has 0 spiro atoms. The molecule has 2 aromatic carbocycles. The number of ether oxygens (including phenoxy) is 2. The first-order valence-electron chi connectivity index (χ1n) is 8.69. The van der Waals surface area contributed by atoms with Crippen LogP contribution in [0.2, 0.25) is 0 Å². The summed E-state index contributed by atoms with van der Waals surface area (Å²) < 4.78 is 11.5. The molecule has 0 aliphatic carbocycles. The van der Waals surface area contributed by atoms with Crippen molar-refractivity contribution in [3.8, 4) is 11.5 Å². The van der Waals surface area contributed by atoms with Crippen molar-refractivity contribution in [3.05, 3.63) is 47.5 Å². The maximum atomic E-state index is 11.9. The summed E-state index contributed by atoms with van der Waals surface area (Å²) in [5.74, 6) is 0.806. The van der Waals surface area contributed by atoms with Crippen LogP contribution in [0.4, 0.5) is 0 Å². The standard InChI is InChI=1S/C20H22N2O4S/c1-13-3-5-15-17(9-13)27-18-10-14(2)4-6-16(18)26-12-20(24)22-8-7-21-19(23)11-25-15/h3-6,9-10H,7-8,11-12H2,1-2H3,(H,21,23)(H,22,24). The minimum atomic E-state index is -0.233. The van der Waals surface area contributed by atoms with Gasteiger partial charge in [0.15, 0.2) is 13.2 Å². The predicted molar refractivity (Wildman–Crippen MR) is 103 cm³/mol. The van der Waals surface area contributed by atoms with Gasteiger partial charge in [0.05, 0.1) is 9.79 Å². The Morgan fingerprint density at radius 1 is 0.778 bits per heavy atom. The molecule has 0 radical (unpaired) electrons. The Kier molecular flexibility index (Phi) is 6.24.